The Bertz CT molecular complexity index is 1250. The molecular weight excluding hydrogens is 434 g/mol. The van der Waals surface area contributed by atoms with Crippen LogP contribution in [0.5, 0.6) is 0 Å². The van der Waals surface area contributed by atoms with Crippen molar-refractivity contribution >= 4 is 5.91 Å². The standard InChI is InChI=1S/C30H35N3O2/c1-21-14-23(16-22-6-4-3-5-7-22)17-24(15-21)20-33(26-8-9-26)30(35)28-19-31-12-10-27(28)25-11-13-32(2)29(34)18-25/h3-7,11,13-15,17-18,26-28,31H,8-10,12,16,19-20H2,1-2H3/t27-,28+/m1/s1. The Balaban J connectivity index is 1.38. The zero-order valence-corrected chi connectivity index (χ0v) is 20.7. The van der Waals surface area contributed by atoms with Gasteiger partial charge in [-0.3, -0.25) is 9.59 Å². The molecule has 5 heteroatoms. The van der Waals surface area contributed by atoms with Gasteiger partial charge in [0.05, 0.1) is 5.92 Å². The smallest absolute Gasteiger partial charge is 0.250 e. The van der Waals surface area contributed by atoms with Gasteiger partial charge in [-0.05, 0) is 73.4 Å². The van der Waals surface area contributed by atoms with E-state index in [1.54, 1.807) is 17.7 Å². The molecule has 5 rings (SSSR count). The van der Waals surface area contributed by atoms with Crippen molar-refractivity contribution in [1.82, 2.24) is 14.8 Å². The van der Waals surface area contributed by atoms with Gasteiger partial charge in [-0.15, -0.1) is 0 Å². The van der Waals surface area contributed by atoms with Gasteiger partial charge in [-0.1, -0.05) is 54.1 Å². The lowest BCUT2D eigenvalue weighted by atomic mass is 9.80. The van der Waals surface area contributed by atoms with Crippen molar-refractivity contribution in [3.63, 3.8) is 0 Å². The topological polar surface area (TPSA) is 54.3 Å². The minimum absolute atomic E-state index is 0.0167. The van der Waals surface area contributed by atoms with Crippen LogP contribution in [0.25, 0.3) is 0 Å². The van der Waals surface area contributed by atoms with Crippen molar-refractivity contribution < 1.29 is 4.79 Å². The first-order valence-corrected chi connectivity index (χ1v) is 12.8. The van der Waals surface area contributed by atoms with Crippen LogP contribution in [0.2, 0.25) is 0 Å². The summed E-state index contributed by atoms with van der Waals surface area (Å²) in [5.41, 5.74) is 5.98. The highest BCUT2D eigenvalue weighted by Gasteiger charge is 2.40. The summed E-state index contributed by atoms with van der Waals surface area (Å²) in [7, 11) is 1.76. The monoisotopic (exact) mass is 469 g/mol. The zero-order chi connectivity index (χ0) is 24.4. The minimum atomic E-state index is -0.148. The summed E-state index contributed by atoms with van der Waals surface area (Å²) in [6.45, 7) is 4.31. The number of benzene rings is 2. The fourth-order valence-corrected chi connectivity index (χ4v) is 5.47. The first kappa shape index (κ1) is 23.6. The minimum Gasteiger partial charge on any atom is -0.335 e. The van der Waals surface area contributed by atoms with E-state index in [0.29, 0.717) is 19.1 Å². The molecule has 5 nitrogen and oxygen atoms in total. The van der Waals surface area contributed by atoms with Crippen LogP contribution in [-0.2, 0) is 24.8 Å². The van der Waals surface area contributed by atoms with Gasteiger partial charge in [0.2, 0.25) is 5.91 Å². The number of hydrogen-bond acceptors (Lipinski definition) is 3. The van der Waals surface area contributed by atoms with Gasteiger partial charge in [-0.25, -0.2) is 0 Å². The molecule has 1 aromatic heterocycles. The second-order valence-corrected chi connectivity index (χ2v) is 10.3. The van der Waals surface area contributed by atoms with Crippen LogP contribution in [0.15, 0.2) is 71.7 Å². The lowest BCUT2D eigenvalue weighted by Gasteiger charge is -2.36. The van der Waals surface area contributed by atoms with Crippen LogP contribution >= 0.6 is 0 Å². The molecule has 2 aromatic carbocycles. The highest BCUT2D eigenvalue weighted by Crippen LogP contribution is 2.36. The number of amides is 1. The highest BCUT2D eigenvalue weighted by atomic mass is 16.2. The van der Waals surface area contributed by atoms with E-state index in [-0.39, 0.29) is 23.3 Å². The third-order valence-corrected chi connectivity index (χ3v) is 7.43. The molecule has 1 N–H and O–H groups in total. The number of nitrogens with one attached hydrogen (secondary N) is 1. The molecule has 2 aliphatic rings. The van der Waals surface area contributed by atoms with Gasteiger partial charge in [-0.2, -0.15) is 0 Å². The second kappa shape index (κ2) is 10.2. The number of pyridine rings is 1. The van der Waals surface area contributed by atoms with Crippen LogP contribution in [0, 0.1) is 12.8 Å². The van der Waals surface area contributed by atoms with Crippen LogP contribution < -0.4 is 10.9 Å². The number of rotatable bonds is 7. The van der Waals surface area contributed by atoms with Crippen molar-refractivity contribution in [1.29, 1.82) is 0 Å². The van der Waals surface area contributed by atoms with Crippen molar-refractivity contribution in [2.45, 2.75) is 51.1 Å². The summed E-state index contributed by atoms with van der Waals surface area (Å²) in [5.74, 6) is 0.145. The van der Waals surface area contributed by atoms with Crippen molar-refractivity contribution in [3.05, 3.63) is 105 Å². The fraction of sp³-hybridized carbons (Fsp3) is 0.400. The Hall–Kier alpha value is -3.18. The first-order valence-electron chi connectivity index (χ1n) is 12.8. The maximum Gasteiger partial charge on any atom is 0.250 e. The number of hydrogen-bond donors (Lipinski definition) is 1. The second-order valence-electron chi connectivity index (χ2n) is 10.3. The molecule has 0 radical (unpaired) electrons. The fourth-order valence-electron chi connectivity index (χ4n) is 5.47. The van der Waals surface area contributed by atoms with Gasteiger partial charge >= 0.3 is 0 Å². The molecule has 3 aromatic rings. The average Bonchev–Trinajstić information content (AvgIpc) is 3.70. The molecule has 182 valence electrons. The predicted octanol–water partition coefficient (Wildman–Crippen LogP) is 4.17. The molecule has 2 fully saturated rings. The maximum atomic E-state index is 14.0. The summed E-state index contributed by atoms with van der Waals surface area (Å²) in [5, 5.41) is 3.43. The van der Waals surface area contributed by atoms with Crippen LogP contribution in [0.1, 0.15) is 53.0 Å². The molecule has 0 spiro atoms. The lowest BCUT2D eigenvalue weighted by molar-refractivity contribution is -0.138. The molecule has 1 saturated heterocycles. The van der Waals surface area contributed by atoms with E-state index in [1.807, 2.05) is 18.3 Å². The van der Waals surface area contributed by atoms with Crippen molar-refractivity contribution in [3.8, 4) is 0 Å². The molecule has 1 aliphatic heterocycles. The molecule has 2 atom stereocenters. The summed E-state index contributed by atoms with van der Waals surface area (Å²) in [6.07, 6.45) is 5.73. The number of carbonyl (C=O) groups is 1. The maximum absolute atomic E-state index is 14.0. The zero-order valence-electron chi connectivity index (χ0n) is 20.7. The Morgan fingerprint density at radius 3 is 2.51 bits per heavy atom. The van der Waals surface area contributed by atoms with Gasteiger partial charge < -0.3 is 14.8 Å². The molecule has 2 heterocycles. The molecule has 1 aliphatic carbocycles. The molecule has 1 amide bonds. The first-order chi connectivity index (χ1) is 17.0. The highest BCUT2D eigenvalue weighted by molar-refractivity contribution is 5.81. The summed E-state index contributed by atoms with van der Waals surface area (Å²) >= 11 is 0. The number of nitrogens with zero attached hydrogens (tertiary/aromatic N) is 2. The Morgan fingerprint density at radius 1 is 1.00 bits per heavy atom. The lowest BCUT2D eigenvalue weighted by Crippen LogP contribution is -2.47. The molecule has 1 saturated carbocycles. The summed E-state index contributed by atoms with van der Waals surface area (Å²) in [4.78, 5) is 28.4. The third kappa shape index (κ3) is 5.57. The van der Waals surface area contributed by atoms with E-state index < -0.39 is 0 Å². The van der Waals surface area contributed by atoms with Crippen LogP contribution in [0.3, 0.4) is 0 Å². The average molecular weight is 470 g/mol. The van der Waals surface area contributed by atoms with E-state index in [4.69, 9.17) is 0 Å². The van der Waals surface area contributed by atoms with E-state index in [1.165, 1.54) is 22.3 Å². The van der Waals surface area contributed by atoms with E-state index in [9.17, 15) is 9.59 Å². The van der Waals surface area contributed by atoms with Gasteiger partial charge in [0.1, 0.15) is 0 Å². The van der Waals surface area contributed by atoms with E-state index in [0.717, 1.165) is 37.8 Å². The number of piperidine rings is 1. The van der Waals surface area contributed by atoms with Crippen molar-refractivity contribution in [2.75, 3.05) is 13.1 Å². The Kier molecular flexibility index (Phi) is 6.87. The van der Waals surface area contributed by atoms with E-state index >= 15 is 0 Å². The number of aryl methyl sites for hydroxylation is 2. The quantitative estimate of drug-likeness (QED) is 0.565. The SMILES string of the molecule is Cc1cc(Cc2ccccc2)cc(CN(C(=O)[C@H]2CNCC[C@@H]2c2ccn(C)c(=O)c2)C2CC2)c1. The third-order valence-electron chi connectivity index (χ3n) is 7.43. The van der Waals surface area contributed by atoms with Gasteiger partial charge in [0.15, 0.2) is 0 Å². The molecule has 0 bridgehead atoms. The predicted molar refractivity (Wildman–Crippen MR) is 139 cm³/mol. The van der Waals surface area contributed by atoms with Gasteiger partial charge in [0, 0.05) is 38.4 Å². The molecule has 0 unspecified atom stereocenters. The Morgan fingerprint density at radius 2 is 1.77 bits per heavy atom. The van der Waals surface area contributed by atoms with Crippen LogP contribution in [-0.4, -0.2) is 34.5 Å². The van der Waals surface area contributed by atoms with Crippen LogP contribution in [0.4, 0.5) is 0 Å². The van der Waals surface area contributed by atoms with Crippen molar-refractivity contribution in [2.24, 2.45) is 13.0 Å². The summed E-state index contributed by atoms with van der Waals surface area (Å²) < 4.78 is 1.59. The number of aromatic nitrogens is 1. The van der Waals surface area contributed by atoms with Gasteiger partial charge in [0.25, 0.3) is 5.56 Å². The largest absolute Gasteiger partial charge is 0.335 e. The summed E-state index contributed by atoms with van der Waals surface area (Å²) in [6, 6.07) is 21.3. The molecule has 35 heavy (non-hydrogen) atoms. The normalized spacial score (nSPS) is 19.9. The van der Waals surface area contributed by atoms with E-state index in [2.05, 4.69) is 59.6 Å². The molecular formula is C30H35N3O2. The number of carbonyl (C=O) groups excluding carboxylic acids is 1. The Labute approximate surface area is 207 Å².